The van der Waals surface area contributed by atoms with Crippen molar-refractivity contribution in [2.24, 2.45) is 0 Å². The number of piperazine rings is 1. The summed E-state index contributed by atoms with van der Waals surface area (Å²) in [5.74, 6) is -0.567. The third-order valence-electron chi connectivity index (χ3n) is 6.62. The number of rotatable bonds is 8. The smallest absolute Gasteiger partial charge is 0.314 e. The van der Waals surface area contributed by atoms with E-state index in [0.29, 0.717) is 30.3 Å². The Labute approximate surface area is 193 Å². The van der Waals surface area contributed by atoms with Crippen LogP contribution in [-0.4, -0.2) is 58.7 Å². The van der Waals surface area contributed by atoms with Crippen LogP contribution in [0.5, 0.6) is 0 Å². The maximum absolute atomic E-state index is 12.3. The lowest BCUT2D eigenvalue weighted by Gasteiger charge is -2.38. The Morgan fingerprint density at radius 2 is 1.82 bits per heavy atom. The van der Waals surface area contributed by atoms with E-state index in [1.54, 1.807) is 13.0 Å². The van der Waals surface area contributed by atoms with Crippen LogP contribution in [0.25, 0.3) is 0 Å². The van der Waals surface area contributed by atoms with Crippen molar-refractivity contribution < 1.29 is 14.7 Å². The first-order chi connectivity index (χ1) is 15.8. The second-order valence-electron chi connectivity index (χ2n) is 8.88. The number of carbonyl (C=O) groups excluding carboxylic acids is 1. The summed E-state index contributed by atoms with van der Waals surface area (Å²) in [6.45, 7) is 6.35. The molecule has 1 atom stereocenters. The van der Waals surface area contributed by atoms with Crippen molar-refractivity contribution in [3.8, 4) is 0 Å². The molecule has 1 aliphatic heterocycles. The summed E-state index contributed by atoms with van der Waals surface area (Å²) < 4.78 is 0. The molecule has 1 aromatic heterocycles. The van der Waals surface area contributed by atoms with Gasteiger partial charge in [-0.2, -0.15) is 4.98 Å². The molecule has 1 unspecified atom stereocenters. The van der Waals surface area contributed by atoms with Crippen molar-refractivity contribution in [1.29, 1.82) is 5.41 Å². The van der Waals surface area contributed by atoms with E-state index in [0.717, 1.165) is 43.9 Å². The fourth-order valence-corrected chi connectivity index (χ4v) is 4.61. The number of benzene rings is 1. The maximum Gasteiger partial charge on any atom is 0.314 e. The average molecular weight is 451 g/mol. The number of aromatic nitrogens is 2. The van der Waals surface area contributed by atoms with Gasteiger partial charge in [-0.1, -0.05) is 18.6 Å². The van der Waals surface area contributed by atoms with Crippen LogP contribution in [0.15, 0.2) is 30.3 Å². The molecule has 0 amide bonds. The first-order valence-corrected chi connectivity index (χ1v) is 11.3. The molecule has 2 fully saturated rings. The standard InChI is InChI=1S/C24H30N6O3/c1-15(25)21(16(2)31)19-14-20(30-12-10-26-11-13-30)29-23(28-19)27-18-6-4-17(5-7-18)24(22(32)33)8-3-9-24/h4-7,14,21,25-26H,3,8-13H2,1-2H3,(H,32,33)(H,27,28,29). The lowest BCUT2D eigenvalue weighted by molar-refractivity contribution is -0.147. The van der Waals surface area contributed by atoms with Crippen molar-refractivity contribution in [1.82, 2.24) is 15.3 Å². The van der Waals surface area contributed by atoms with E-state index in [-0.39, 0.29) is 11.5 Å². The summed E-state index contributed by atoms with van der Waals surface area (Å²) >= 11 is 0. The van der Waals surface area contributed by atoms with Crippen LogP contribution in [0.1, 0.15) is 50.3 Å². The number of hydrogen-bond acceptors (Lipinski definition) is 8. The van der Waals surface area contributed by atoms with Gasteiger partial charge in [-0.05, 0) is 44.4 Å². The zero-order chi connectivity index (χ0) is 23.6. The molecule has 1 saturated heterocycles. The molecular formula is C24H30N6O3. The lowest BCUT2D eigenvalue weighted by Crippen LogP contribution is -2.44. The molecule has 9 nitrogen and oxygen atoms in total. The first-order valence-electron chi connectivity index (χ1n) is 11.3. The highest BCUT2D eigenvalue weighted by atomic mass is 16.4. The van der Waals surface area contributed by atoms with Gasteiger partial charge in [-0.3, -0.25) is 9.59 Å². The van der Waals surface area contributed by atoms with Gasteiger partial charge in [0, 0.05) is 43.6 Å². The van der Waals surface area contributed by atoms with Crippen LogP contribution >= 0.6 is 0 Å². The number of ketones is 1. The molecule has 2 aliphatic rings. The Hall–Kier alpha value is -3.33. The predicted octanol–water partition coefficient (Wildman–Crippen LogP) is 2.85. The third-order valence-corrected chi connectivity index (χ3v) is 6.62. The van der Waals surface area contributed by atoms with Crippen LogP contribution in [0, 0.1) is 5.41 Å². The van der Waals surface area contributed by atoms with Crippen LogP contribution in [0.2, 0.25) is 0 Å². The Morgan fingerprint density at radius 3 is 2.33 bits per heavy atom. The van der Waals surface area contributed by atoms with E-state index in [1.165, 1.54) is 6.92 Å². The van der Waals surface area contributed by atoms with Gasteiger partial charge in [0.1, 0.15) is 11.6 Å². The molecule has 9 heteroatoms. The molecule has 2 aromatic rings. The highest BCUT2D eigenvalue weighted by Gasteiger charge is 2.45. The molecule has 0 spiro atoms. The Morgan fingerprint density at radius 1 is 1.15 bits per heavy atom. The minimum absolute atomic E-state index is 0.137. The Bertz CT molecular complexity index is 1040. The molecular weight excluding hydrogens is 420 g/mol. The molecule has 0 radical (unpaired) electrons. The summed E-state index contributed by atoms with van der Waals surface area (Å²) in [4.78, 5) is 35.5. The molecule has 4 N–H and O–H groups in total. The average Bonchev–Trinajstić information content (AvgIpc) is 2.74. The molecule has 174 valence electrons. The summed E-state index contributed by atoms with van der Waals surface area (Å²) in [6.07, 6.45) is 2.24. The molecule has 1 aromatic carbocycles. The topological polar surface area (TPSA) is 131 Å². The molecule has 4 rings (SSSR count). The van der Waals surface area contributed by atoms with Gasteiger partial charge in [0.25, 0.3) is 0 Å². The fraction of sp³-hybridized carbons (Fsp3) is 0.458. The minimum atomic E-state index is -0.777. The zero-order valence-electron chi connectivity index (χ0n) is 19.0. The van der Waals surface area contributed by atoms with Crippen molar-refractivity contribution in [2.45, 2.75) is 44.4 Å². The van der Waals surface area contributed by atoms with Gasteiger partial charge in [0.15, 0.2) is 0 Å². The highest BCUT2D eigenvalue weighted by Crippen LogP contribution is 2.44. The number of carboxylic acids is 1. The lowest BCUT2D eigenvalue weighted by atomic mass is 9.64. The van der Waals surface area contributed by atoms with Crippen LogP contribution in [-0.2, 0) is 15.0 Å². The number of Topliss-reactive ketones (excluding diaryl/α,β-unsaturated/α-hetero) is 1. The van der Waals surface area contributed by atoms with Gasteiger partial charge >= 0.3 is 5.97 Å². The molecule has 0 bridgehead atoms. The molecule has 33 heavy (non-hydrogen) atoms. The van der Waals surface area contributed by atoms with Crippen LogP contribution < -0.4 is 15.5 Å². The van der Waals surface area contributed by atoms with Gasteiger partial charge in [-0.25, -0.2) is 4.98 Å². The van der Waals surface area contributed by atoms with E-state index < -0.39 is 17.3 Å². The Balaban J connectivity index is 1.64. The number of hydrogen-bond donors (Lipinski definition) is 4. The number of carboxylic acid groups (broad SMARTS) is 1. The molecule has 2 heterocycles. The Kier molecular flexibility index (Phi) is 6.42. The zero-order valence-corrected chi connectivity index (χ0v) is 19.0. The van der Waals surface area contributed by atoms with Crippen molar-refractivity contribution in [3.63, 3.8) is 0 Å². The van der Waals surface area contributed by atoms with E-state index >= 15 is 0 Å². The van der Waals surface area contributed by atoms with Gasteiger partial charge < -0.3 is 26.0 Å². The van der Waals surface area contributed by atoms with Gasteiger partial charge in [0.05, 0.1) is 17.0 Å². The second-order valence-corrected chi connectivity index (χ2v) is 8.88. The third kappa shape index (κ3) is 4.59. The van der Waals surface area contributed by atoms with Crippen LogP contribution in [0.3, 0.4) is 0 Å². The fourth-order valence-electron chi connectivity index (χ4n) is 4.61. The van der Waals surface area contributed by atoms with E-state index in [4.69, 9.17) is 5.41 Å². The first kappa shape index (κ1) is 22.8. The number of nitrogens with zero attached hydrogens (tertiary/aromatic N) is 3. The number of nitrogens with one attached hydrogen (secondary N) is 3. The monoisotopic (exact) mass is 450 g/mol. The minimum Gasteiger partial charge on any atom is -0.481 e. The maximum atomic E-state index is 12.3. The summed E-state index contributed by atoms with van der Waals surface area (Å²) in [5, 5.41) is 24.3. The van der Waals surface area contributed by atoms with Gasteiger partial charge in [0.2, 0.25) is 5.95 Å². The number of aliphatic carboxylic acids is 1. The molecule has 1 aliphatic carbocycles. The van der Waals surface area contributed by atoms with E-state index in [9.17, 15) is 14.7 Å². The summed E-state index contributed by atoms with van der Waals surface area (Å²) in [6, 6.07) is 9.16. The van der Waals surface area contributed by atoms with Crippen molar-refractivity contribution in [3.05, 3.63) is 41.6 Å². The van der Waals surface area contributed by atoms with E-state index in [2.05, 4.69) is 25.5 Å². The summed E-state index contributed by atoms with van der Waals surface area (Å²) in [5.41, 5.74) is 1.49. The highest BCUT2D eigenvalue weighted by molar-refractivity contribution is 6.06. The molecule has 1 saturated carbocycles. The number of anilines is 3. The predicted molar refractivity (Wildman–Crippen MR) is 127 cm³/mol. The second kappa shape index (κ2) is 9.27. The normalized spacial score (nSPS) is 18.2. The van der Waals surface area contributed by atoms with Gasteiger partial charge in [-0.15, -0.1) is 0 Å². The SMILES string of the molecule is CC(=N)C(C(C)=O)c1cc(N2CCNCC2)nc(Nc2ccc(C3(C(=O)O)CCC3)cc2)n1. The van der Waals surface area contributed by atoms with Crippen molar-refractivity contribution in [2.75, 3.05) is 36.4 Å². The summed E-state index contributed by atoms with van der Waals surface area (Å²) in [7, 11) is 0. The largest absolute Gasteiger partial charge is 0.481 e. The quantitative estimate of drug-likeness (QED) is 0.452. The van der Waals surface area contributed by atoms with Crippen LogP contribution in [0.4, 0.5) is 17.5 Å². The van der Waals surface area contributed by atoms with E-state index in [1.807, 2.05) is 24.3 Å². The number of carbonyl (C=O) groups is 2. The van der Waals surface area contributed by atoms with Crippen molar-refractivity contribution >= 4 is 34.9 Å².